The van der Waals surface area contributed by atoms with Crippen LogP contribution in [0.3, 0.4) is 0 Å². The van der Waals surface area contributed by atoms with E-state index in [4.69, 9.17) is 0 Å². The lowest BCUT2D eigenvalue weighted by atomic mass is 9.96. The fraction of sp³-hybridized carbons (Fsp3) is 0.333. The highest BCUT2D eigenvalue weighted by Crippen LogP contribution is 2.29. The molecule has 2 aromatic rings. The summed E-state index contributed by atoms with van der Waals surface area (Å²) < 4.78 is 2.24. The summed E-state index contributed by atoms with van der Waals surface area (Å²) in [6.07, 6.45) is 0.995. The number of hydrogen-bond donors (Lipinski definition) is 1. The van der Waals surface area contributed by atoms with Crippen molar-refractivity contribution < 1.29 is 0 Å². The highest BCUT2D eigenvalue weighted by Gasteiger charge is 2.14. The zero-order chi connectivity index (χ0) is 15.4. The van der Waals surface area contributed by atoms with E-state index in [1.165, 1.54) is 22.3 Å². The molecule has 0 heterocycles. The Kier molecular flexibility index (Phi) is 6.03. The van der Waals surface area contributed by atoms with E-state index >= 15 is 0 Å². The third kappa shape index (κ3) is 4.41. The molecule has 3 heteroatoms. The van der Waals surface area contributed by atoms with E-state index in [1.54, 1.807) is 0 Å². The molecule has 1 nitrogen and oxygen atoms in total. The van der Waals surface area contributed by atoms with Gasteiger partial charge in [0, 0.05) is 15.0 Å². The van der Waals surface area contributed by atoms with Gasteiger partial charge in [0.2, 0.25) is 0 Å². The molecule has 0 aliphatic heterocycles. The van der Waals surface area contributed by atoms with Crippen molar-refractivity contribution in [2.45, 2.75) is 33.2 Å². The molecule has 112 valence electrons. The van der Waals surface area contributed by atoms with Gasteiger partial charge in [-0.2, -0.15) is 0 Å². The third-order valence-corrected chi connectivity index (χ3v) is 4.98. The van der Waals surface area contributed by atoms with Gasteiger partial charge in [-0.3, -0.25) is 0 Å². The smallest absolute Gasteiger partial charge is 0.0372 e. The van der Waals surface area contributed by atoms with Crippen LogP contribution >= 0.6 is 31.9 Å². The lowest BCUT2D eigenvalue weighted by molar-refractivity contribution is 0.547. The predicted octanol–water partition coefficient (Wildman–Crippen LogP) is 5.72. The molecule has 21 heavy (non-hydrogen) atoms. The van der Waals surface area contributed by atoms with E-state index in [9.17, 15) is 0 Å². The monoisotopic (exact) mass is 409 g/mol. The molecule has 0 spiro atoms. The summed E-state index contributed by atoms with van der Waals surface area (Å²) in [6, 6.07) is 13.5. The van der Waals surface area contributed by atoms with Crippen LogP contribution in [0.4, 0.5) is 0 Å². The number of hydrogen-bond acceptors (Lipinski definition) is 1. The number of rotatable bonds is 5. The number of benzene rings is 2. The molecule has 0 radical (unpaired) electrons. The molecule has 0 aromatic heterocycles. The van der Waals surface area contributed by atoms with Crippen molar-refractivity contribution in [2.24, 2.45) is 0 Å². The Morgan fingerprint density at radius 2 is 1.76 bits per heavy atom. The normalized spacial score (nSPS) is 12.4. The topological polar surface area (TPSA) is 12.0 Å². The van der Waals surface area contributed by atoms with Gasteiger partial charge in [-0.1, -0.05) is 63.0 Å². The van der Waals surface area contributed by atoms with Gasteiger partial charge in [-0.15, -0.1) is 0 Å². The first-order chi connectivity index (χ1) is 10.0. The molecule has 0 saturated heterocycles. The minimum Gasteiger partial charge on any atom is -0.310 e. The van der Waals surface area contributed by atoms with Gasteiger partial charge < -0.3 is 5.32 Å². The fourth-order valence-corrected chi connectivity index (χ4v) is 3.81. The van der Waals surface area contributed by atoms with Gasteiger partial charge in [0.1, 0.15) is 0 Å². The lowest BCUT2D eigenvalue weighted by Crippen LogP contribution is -2.23. The molecule has 0 aliphatic rings. The Balaban J connectivity index is 2.28. The summed E-state index contributed by atoms with van der Waals surface area (Å²) in [5.41, 5.74) is 5.39. The Bertz CT molecular complexity index is 623. The molecule has 2 aromatic carbocycles. The van der Waals surface area contributed by atoms with Crippen LogP contribution in [0.1, 0.15) is 35.2 Å². The van der Waals surface area contributed by atoms with E-state index < -0.39 is 0 Å². The molecule has 2 rings (SSSR count). The maximum Gasteiger partial charge on any atom is 0.0372 e. The van der Waals surface area contributed by atoms with E-state index in [-0.39, 0.29) is 0 Å². The largest absolute Gasteiger partial charge is 0.310 e. The van der Waals surface area contributed by atoms with Crippen LogP contribution in [-0.4, -0.2) is 6.54 Å². The number of nitrogens with one attached hydrogen (secondary N) is 1. The summed E-state index contributed by atoms with van der Waals surface area (Å²) in [4.78, 5) is 0. The van der Waals surface area contributed by atoms with Crippen LogP contribution in [0.15, 0.2) is 45.3 Å². The second kappa shape index (κ2) is 7.57. The zero-order valence-corrected chi connectivity index (χ0v) is 15.9. The van der Waals surface area contributed by atoms with Crippen molar-refractivity contribution in [3.8, 4) is 0 Å². The van der Waals surface area contributed by atoms with Crippen LogP contribution in [0.2, 0.25) is 0 Å². The fourth-order valence-electron chi connectivity index (χ4n) is 2.49. The van der Waals surface area contributed by atoms with E-state index in [2.05, 4.69) is 94.3 Å². The highest BCUT2D eigenvalue weighted by atomic mass is 79.9. The Morgan fingerprint density at radius 3 is 2.38 bits per heavy atom. The molecule has 0 fully saturated rings. The first-order valence-corrected chi connectivity index (χ1v) is 8.84. The standard InChI is InChI=1S/C18H21Br2N/c1-4-21-18(16-8-7-15(19)11-17(16)20)10-14-6-5-12(2)13(3)9-14/h5-9,11,18,21H,4,10H2,1-3H3. The van der Waals surface area contributed by atoms with Crippen molar-refractivity contribution in [2.75, 3.05) is 6.54 Å². The average molecular weight is 411 g/mol. The maximum atomic E-state index is 3.69. The lowest BCUT2D eigenvalue weighted by Gasteiger charge is -2.20. The minimum atomic E-state index is 0.319. The first-order valence-electron chi connectivity index (χ1n) is 7.25. The van der Waals surface area contributed by atoms with Crippen LogP contribution < -0.4 is 5.32 Å². The van der Waals surface area contributed by atoms with E-state index in [1.807, 2.05) is 0 Å². The molecule has 0 saturated carbocycles. The average Bonchev–Trinajstić information content (AvgIpc) is 2.42. The molecule has 1 N–H and O–H groups in total. The number of halogens is 2. The van der Waals surface area contributed by atoms with E-state index in [0.29, 0.717) is 6.04 Å². The van der Waals surface area contributed by atoms with E-state index in [0.717, 1.165) is 21.9 Å². The molecule has 0 bridgehead atoms. The van der Waals surface area contributed by atoms with Crippen LogP contribution in [-0.2, 0) is 6.42 Å². The van der Waals surface area contributed by atoms with Gasteiger partial charge in [-0.25, -0.2) is 0 Å². The van der Waals surface area contributed by atoms with Crippen molar-refractivity contribution in [1.82, 2.24) is 5.32 Å². The second-order valence-corrected chi connectivity index (χ2v) is 7.17. The van der Waals surface area contributed by atoms with Crippen molar-refractivity contribution in [1.29, 1.82) is 0 Å². The first kappa shape index (κ1) is 16.7. The summed E-state index contributed by atoms with van der Waals surface area (Å²) >= 11 is 7.21. The quantitative estimate of drug-likeness (QED) is 0.664. The Labute approximate surface area is 144 Å². The third-order valence-electron chi connectivity index (χ3n) is 3.80. The second-order valence-electron chi connectivity index (χ2n) is 5.40. The van der Waals surface area contributed by atoms with Gasteiger partial charge in [-0.05, 0) is 61.2 Å². The summed E-state index contributed by atoms with van der Waals surface area (Å²) in [5, 5.41) is 3.60. The minimum absolute atomic E-state index is 0.319. The summed E-state index contributed by atoms with van der Waals surface area (Å²) in [6.45, 7) is 7.45. The summed E-state index contributed by atoms with van der Waals surface area (Å²) in [5.74, 6) is 0. The molecule has 1 atom stereocenters. The van der Waals surface area contributed by atoms with Gasteiger partial charge in [0.15, 0.2) is 0 Å². The maximum absolute atomic E-state index is 3.69. The number of likely N-dealkylation sites (N-methyl/N-ethyl adjacent to an activating group) is 1. The van der Waals surface area contributed by atoms with Crippen LogP contribution in [0, 0.1) is 13.8 Å². The molecule has 0 amide bonds. The summed E-state index contributed by atoms with van der Waals surface area (Å²) in [7, 11) is 0. The Hall–Kier alpha value is -0.640. The highest BCUT2D eigenvalue weighted by molar-refractivity contribution is 9.11. The van der Waals surface area contributed by atoms with Gasteiger partial charge >= 0.3 is 0 Å². The van der Waals surface area contributed by atoms with Crippen molar-refractivity contribution in [3.05, 3.63) is 67.6 Å². The molecular formula is C18H21Br2N. The van der Waals surface area contributed by atoms with Crippen LogP contribution in [0.25, 0.3) is 0 Å². The zero-order valence-electron chi connectivity index (χ0n) is 12.7. The SMILES string of the molecule is CCNC(Cc1ccc(C)c(C)c1)c1ccc(Br)cc1Br. The van der Waals surface area contributed by atoms with Crippen LogP contribution in [0.5, 0.6) is 0 Å². The Morgan fingerprint density at radius 1 is 1.00 bits per heavy atom. The van der Waals surface area contributed by atoms with Gasteiger partial charge in [0.25, 0.3) is 0 Å². The van der Waals surface area contributed by atoms with Crippen molar-refractivity contribution in [3.63, 3.8) is 0 Å². The molecular weight excluding hydrogens is 390 g/mol. The number of aryl methyl sites for hydroxylation is 2. The molecule has 0 aliphatic carbocycles. The van der Waals surface area contributed by atoms with Gasteiger partial charge in [0.05, 0.1) is 0 Å². The predicted molar refractivity (Wildman–Crippen MR) is 97.9 cm³/mol. The molecule has 1 unspecified atom stereocenters. The van der Waals surface area contributed by atoms with Crippen molar-refractivity contribution >= 4 is 31.9 Å².